The smallest absolute Gasteiger partial charge is 0.118 e. The summed E-state index contributed by atoms with van der Waals surface area (Å²) in [6.07, 6.45) is 2.33. The quantitative estimate of drug-likeness (QED) is 0.772. The fourth-order valence-corrected chi connectivity index (χ4v) is 2.20. The van der Waals surface area contributed by atoms with Gasteiger partial charge in [0.1, 0.15) is 5.75 Å². The van der Waals surface area contributed by atoms with E-state index in [4.69, 9.17) is 4.74 Å². The maximum Gasteiger partial charge on any atom is 0.118 e. The average molecular weight is 277 g/mol. The molecule has 2 unspecified atom stereocenters. The lowest BCUT2D eigenvalue weighted by Gasteiger charge is -2.31. The van der Waals surface area contributed by atoms with Crippen molar-refractivity contribution in [3.8, 4) is 5.75 Å². The molecular weight excluding hydrogens is 246 g/mol. The lowest BCUT2D eigenvalue weighted by Crippen LogP contribution is -2.28. The van der Waals surface area contributed by atoms with Crippen molar-refractivity contribution >= 4 is 0 Å². The van der Waals surface area contributed by atoms with Gasteiger partial charge in [0.25, 0.3) is 0 Å². The highest BCUT2D eigenvalue weighted by Gasteiger charge is 2.24. The zero-order chi connectivity index (χ0) is 15.2. The molecule has 0 aliphatic heterocycles. The van der Waals surface area contributed by atoms with E-state index >= 15 is 0 Å². The van der Waals surface area contributed by atoms with Crippen molar-refractivity contribution in [3.05, 3.63) is 29.8 Å². The Hall–Kier alpha value is -1.02. The predicted molar refractivity (Wildman–Crippen MR) is 87.3 cm³/mol. The zero-order valence-electron chi connectivity index (χ0n) is 14.0. The number of rotatable bonds is 7. The monoisotopic (exact) mass is 277 g/mol. The topological polar surface area (TPSA) is 21.3 Å². The summed E-state index contributed by atoms with van der Waals surface area (Å²) in [5.41, 5.74) is 1.70. The largest absolute Gasteiger partial charge is 0.497 e. The molecule has 0 aliphatic carbocycles. The summed E-state index contributed by atoms with van der Waals surface area (Å²) in [7, 11) is 1.71. The first-order chi connectivity index (χ1) is 9.38. The third kappa shape index (κ3) is 5.16. The van der Waals surface area contributed by atoms with Gasteiger partial charge in [0.05, 0.1) is 7.11 Å². The molecule has 0 spiro atoms. The molecule has 2 nitrogen and oxygen atoms in total. The van der Waals surface area contributed by atoms with E-state index in [1.165, 1.54) is 5.56 Å². The van der Waals surface area contributed by atoms with Crippen LogP contribution < -0.4 is 10.1 Å². The Morgan fingerprint density at radius 3 is 2.20 bits per heavy atom. The van der Waals surface area contributed by atoms with Crippen LogP contribution in [0.25, 0.3) is 0 Å². The van der Waals surface area contributed by atoms with E-state index in [9.17, 15) is 0 Å². The van der Waals surface area contributed by atoms with Crippen LogP contribution in [-0.2, 0) is 0 Å². The number of hydrogen-bond acceptors (Lipinski definition) is 2. The normalized spacial score (nSPS) is 14.9. The first kappa shape index (κ1) is 17.0. The van der Waals surface area contributed by atoms with Crippen LogP contribution in [0.3, 0.4) is 0 Å². The Labute approximate surface area is 124 Å². The summed E-state index contributed by atoms with van der Waals surface area (Å²) in [4.78, 5) is 0. The molecule has 0 aromatic heterocycles. The summed E-state index contributed by atoms with van der Waals surface area (Å²) < 4.78 is 5.25. The van der Waals surface area contributed by atoms with Gasteiger partial charge >= 0.3 is 0 Å². The van der Waals surface area contributed by atoms with Crippen LogP contribution in [-0.4, -0.2) is 13.7 Å². The summed E-state index contributed by atoms with van der Waals surface area (Å²) >= 11 is 0. The molecule has 0 amide bonds. The molecule has 1 rings (SSSR count). The number of benzene rings is 1. The van der Waals surface area contributed by atoms with Gasteiger partial charge in [0.2, 0.25) is 0 Å². The molecule has 0 saturated heterocycles. The molecule has 20 heavy (non-hydrogen) atoms. The van der Waals surface area contributed by atoms with E-state index in [0.29, 0.717) is 17.4 Å². The van der Waals surface area contributed by atoms with Crippen LogP contribution in [0.4, 0.5) is 0 Å². The number of methoxy groups -OCH3 is 1. The molecule has 1 N–H and O–H groups in total. The van der Waals surface area contributed by atoms with Gasteiger partial charge in [-0.2, -0.15) is 0 Å². The Morgan fingerprint density at radius 2 is 1.75 bits per heavy atom. The standard InChI is InChI=1S/C18H31NO/c1-7-12-19-17(13-14(2)18(3,4)5)15-8-10-16(20-6)11-9-15/h8-11,14,17,19H,7,12-13H2,1-6H3. The molecule has 0 heterocycles. The van der Waals surface area contributed by atoms with E-state index in [1.54, 1.807) is 7.11 Å². The van der Waals surface area contributed by atoms with E-state index in [-0.39, 0.29) is 0 Å². The summed E-state index contributed by atoms with van der Waals surface area (Å²) in [5.74, 6) is 1.59. The summed E-state index contributed by atoms with van der Waals surface area (Å²) in [6.45, 7) is 12.6. The maximum absolute atomic E-state index is 5.25. The lowest BCUT2D eigenvalue weighted by molar-refractivity contribution is 0.223. The highest BCUT2D eigenvalue weighted by atomic mass is 16.5. The third-order valence-corrected chi connectivity index (χ3v) is 4.23. The zero-order valence-corrected chi connectivity index (χ0v) is 14.0. The first-order valence-electron chi connectivity index (χ1n) is 7.75. The van der Waals surface area contributed by atoms with Crippen LogP contribution in [0.2, 0.25) is 0 Å². The first-order valence-corrected chi connectivity index (χ1v) is 7.75. The van der Waals surface area contributed by atoms with Gasteiger partial charge < -0.3 is 10.1 Å². The van der Waals surface area contributed by atoms with Gasteiger partial charge in [-0.25, -0.2) is 0 Å². The van der Waals surface area contributed by atoms with Crippen LogP contribution in [0.5, 0.6) is 5.75 Å². The van der Waals surface area contributed by atoms with Crippen molar-refractivity contribution in [2.24, 2.45) is 11.3 Å². The van der Waals surface area contributed by atoms with Crippen LogP contribution in [0.1, 0.15) is 59.1 Å². The minimum Gasteiger partial charge on any atom is -0.497 e. The molecule has 0 aliphatic rings. The SMILES string of the molecule is CCCNC(CC(C)C(C)(C)C)c1ccc(OC)cc1. The van der Waals surface area contributed by atoms with Gasteiger partial charge in [-0.3, -0.25) is 0 Å². The highest BCUT2D eigenvalue weighted by Crippen LogP contribution is 2.33. The molecule has 0 bridgehead atoms. The second kappa shape index (κ2) is 7.68. The van der Waals surface area contributed by atoms with E-state index < -0.39 is 0 Å². The van der Waals surface area contributed by atoms with Crippen molar-refractivity contribution in [1.29, 1.82) is 0 Å². The molecule has 0 radical (unpaired) electrons. The Balaban J connectivity index is 2.81. The van der Waals surface area contributed by atoms with Crippen molar-refractivity contribution < 1.29 is 4.74 Å². The number of hydrogen-bond donors (Lipinski definition) is 1. The van der Waals surface area contributed by atoms with Crippen LogP contribution in [0.15, 0.2) is 24.3 Å². The molecule has 2 heteroatoms. The molecule has 0 fully saturated rings. The van der Waals surface area contributed by atoms with Gasteiger partial charge in [-0.15, -0.1) is 0 Å². The minimum atomic E-state index is 0.346. The van der Waals surface area contributed by atoms with E-state index in [1.807, 2.05) is 0 Å². The van der Waals surface area contributed by atoms with Crippen LogP contribution >= 0.6 is 0 Å². The van der Waals surface area contributed by atoms with Crippen molar-refractivity contribution in [2.45, 2.75) is 53.5 Å². The van der Waals surface area contributed by atoms with Crippen molar-refractivity contribution in [1.82, 2.24) is 5.32 Å². The van der Waals surface area contributed by atoms with Crippen LogP contribution in [0, 0.1) is 11.3 Å². The maximum atomic E-state index is 5.25. The van der Waals surface area contributed by atoms with Crippen molar-refractivity contribution in [2.75, 3.05) is 13.7 Å². The third-order valence-electron chi connectivity index (χ3n) is 4.23. The average Bonchev–Trinajstić information content (AvgIpc) is 2.42. The van der Waals surface area contributed by atoms with Gasteiger partial charge in [0, 0.05) is 6.04 Å². The summed E-state index contributed by atoms with van der Waals surface area (Å²) in [5, 5.41) is 3.69. The van der Waals surface area contributed by atoms with Gasteiger partial charge in [-0.05, 0) is 48.4 Å². The molecule has 1 aromatic carbocycles. The number of ether oxygens (including phenoxy) is 1. The Kier molecular flexibility index (Phi) is 6.54. The molecule has 2 atom stereocenters. The summed E-state index contributed by atoms with van der Waals surface area (Å²) in [6, 6.07) is 8.90. The highest BCUT2D eigenvalue weighted by molar-refractivity contribution is 5.29. The van der Waals surface area contributed by atoms with Gasteiger partial charge in [0.15, 0.2) is 0 Å². The second-order valence-electron chi connectivity index (χ2n) is 6.78. The Bertz CT molecular complexity index is 377. The van der Waals surface area contributed by atoms with Gasteiger partial charge in [-0.1, -0.05) is 46.8 Å². The second-order valence-corrected chi connectivity index (χ2v) is 6.78. The minimum absolute atomic E-state index is 0.346. The lowest BCUT2D eigenvalue weighted by atomic mass is 9.77. The van der Waals surface area contributed by atoms with Crippen molar-refractivity contribution in [3.63, 3.8) is 0 Å². The molecular formula is C18H31NO. The van der Waals surface area contributed by atoms with E-state index in [2.05, 4.69) is 64.2 Å². The fraction of sp³-hybridized carbons (Fsp3) is 0.667. The molecule has 114 valence electrons. The fourth-order valence-electron chi connectivity index (χ4n) is 2.20. The number of nitrogens with one attached hydrogen (secondary N) is 1. The molecule has 0 saturated carbocycles. The van der Waals surface area contributed by atoms with E-state index in [0.717, 1.165) is 25.1 Å². The predicted octanol–water partition coefficient (Wildman–Crippen LogP) is 4.81. The molecule has 1 aromatic rings. The Morgan fingerprint density at radius 1 is 1.15 bits per heavy atom.